The van der Waals surface area contributed by atoms with E-state index in [2.05, 4.69) is 17.1 Å². The van der Waals surface area contributed by atoms with E-state index in [1.54, 1.807) is 0 Å². The second kappa shape index (κ2) is 4.11. The van der Waals surface area contributed by atoms with E-state index in [0.717, 1.165) is 12.8 Å². The molecule has 0 radical (unpaired) electrons. The van der Waals surface area contributed by atoms with E-state index in [4.69, 9.17) is 17.3 Å². The lowest BCUT2D eigenvalue weighted by Gasteiger charge is -2.25. The van der Waals surface area contributed by atoms with Crippen molar-refractivity contribution in [3.8, 4) is 0 Å². The Hall–Kier alpha value is -0.860. The number of nitrogens with two attached hydrogens (primary N) is 1. The third-order valence-electron chi connectivity index (χ3n) is 2.66. The molecule has 1 aliphatic carbocycles. The van der Waals surface area contributed by atoms with Gasteiger partial charge < -0.3 is 5.73 Å². The number of pyridine rings is 1. The summed E-state index contributed by atoms with van der Waals surface area (Å²) in [5.74, 6) is 0.393. The smallest absolute Gasteiger partial charge is 0.129 e. The topological polar surface area (TPSA) is 38.9 Å². The van der Waals surface area contributed by atoms with Crippen molar-refractivity contribution in [3.63, 3.8) is 0 Å². The van der Waals surface area contributed by atoms with Crippen molar-refractivity contribution in [1.82, 2.24) is 4.98 Å². The van der Waals surface area contributed by atoms with Crippen LogP contribution >= 0.6 is 11.6 Å². The highest BCUT2D eigenvalue weighted by atomic mass is 35.5. The number of hydrogen-bond acceptors (Lipinski definition) is 2. The van der Waals surface area contributed by atoms with Crippen LogP contribution in [-0.2, 0) is 0 Å². The van der Waals surface area contributed by atoms with Crippen LogP contribution in [0.15, 0.2) is 30.5 Å². The largest absolute Gasteiger partial charge is 0.327 e. The number of rotatable bonds is 1. The summed E-state index contributed by atoms with van der Waals surface area (Å²) in [7, 11) is 0. The predicted molar refractivity (Wildman–Crippen MR) is 58.3 cm³/mol. The van der Waals surface area contributed by atoms with Gasteiger partial charge in [0.2, 0.25) is 0 Å². The highest BCUT2D eigenvalue weighted by molar-refractivity contribution is 6.29. The Labute approximate surface area is 88.8 Å². The van der Waals surface area contributed by atoms with Crippen molar-refractivity contribution in [3.05, 3.63) is 41.2 Å². The molecule has 14 heavy (non-hydrogen) atoms. The minimum atomic E-state index is 0.211. The second-order valence-electron chi connectivity index (χ2n) is 3.63. The van der Waals surface area contributed by atoms with Crippen LogP contribution in [0.25, 0.3) is 0 Å². The van der Waals surface area contributed by atoms with E-state index < -0.39 is 0 Å². The first-order valence-corrected chi connectivity index (χ1v) is 5.17. The summed E-state index contributed by atoms with van der Waals surface area (Å²) in [5, 5.41) is 0.536. The summed E-state index contributed by atoms with van der Waals surface area (Å²) in [4.78, 5) is 4.07. The number of hydrogen-bond donors (Lipinski definition) is 1. The highest BCUT2D eigenvalue weighted by Gasteiger charge is 2.20. The standard InChI is InChI=1S/C11H13ClN2/c12-11-6-5-8(7-14-11)9-3-1-2-4-10(9)13/h1-2,5-7,9-10H,3-4,13H2. The average Bonchev–Trinajstić information content (AvgIpc) is 2.20. The minimum absolute atomic E-state index is 0.211. The Morgan fingerprint density at radius 2 is 2.07 bits per heavy atom. The Bertz CT molecular complexity index is 332. The molecule has 1 heterocycles. The van der Waals surface area contributed by atoms with Crippen LogP contribution in [0.1, 0.15) is 24.3 Å². The maximum absolute atomic E-state index is 6.04. The molecule has 0 saturated heterocycles. The second-order valence-corrected chi connectivity index (χ2v) is 4.01. The molecule has 0 aliphatic heterocycles. The zero-order valence-electron chi connectivity index (χ0n) is 7.86. The van der Waals surface area contributed by atoms with Crippen LogP contribution < -0.4 is 5.73 Å². The molecular weight excluding hydrogens is 196 g/mol. The molecule has 2 unspecified atom stereocenters. The van der Waals surface area contributed by atoms with Crippen molar-refractivity contribution in [2.45, 2.75) is 24.8 Å². The SMILES string of the molecule is NC1CC=CCC1c1ccc(Cl)nc1. The first-order chi connectivity index (χ1) is 6.77. The lowest BCUT2D eigenvalue weighted by Crippen LogP contribution is -2.29. The normalized spacial score (nSPS) is 26.4. The molecule has 0 bridgehead atoms. The van der Waals surface area contributed by atoms with Gasteiger partial charge in [-0.1, -0.05) is 29.8 Å². The molecule has 0 fully saturated rings. The summed E-state index contributed by atoms with van der Waals surface area (Å²) < 4.78 is 0. The molecule has 2 nitrogen and oxygen atoms in total. The van der Waals surface area contributed by atoms with Crippen molar-refractivity contribution >= 4 is 11.6 Å². The van der Waals surface area contributed by atoms with Crippen LogP contribution in [0.5, 0.6) is 0 Å². The molecule has 0 spiro atoms. The van der Waals surface area contributed by atoms with Gasteiger partial charge >= 0.3 is 0 Å². The van der Waals surface area contributed by atoms with Crippen molar-refractivity contribution in [2.75, 3.05) is 0 Å². The Kier molecular flexibility index (Phi) is 2.85. The highest BCUT2D eigenvalue weighted by Crippen LogP contribution is 2.28. The molecule has 0 aromatic carbocycles. The Morgan fingerprint density at radius 3 is 2.71 bits per heavy atom. The van der Waals surface area contributed by atoms with Crippen LogP contribution in [-0.4, -0.2) is 11.0 Å². The summed E-state index contributed by atoms with van der Waals surface area (Å²) >= 11 is 5.73. The van der Waals surface area contributed by atoms with E-state index in [1.165, 1.54) is 5.56 Å². The molecule has 0 saturated carbocycles. The molecule has 74 valence electrons. The lowest BCUT2D eigenvalue weighted by atomic mass is 9.85. The average molecular weight is 209 g/mol. The van der Waals surface area contributed by atoms with Crippen LogP contribution in [0.2, 0.25) is 5.15 Å². The van der Waals surface area contributed by atoms with E-state index >= 15 is 0 Å². The zero-order chi connectivity index (χ0) is 9.97. The van der Waals surface area contributed by atoms with Gasteiger partial charge in [-0.05, 0) is 24.5 Å². The maximum atomic E-state index is 6.04. The molecule has 0 amide bonds. The van der Waals surface area contributed by atoms with Gasteiger partial charge in [0, 0.05) is 18.2 Å². The van der Waals surface area contributed by atoms with Gasteiger partial charge in [0.1, 0.15) is 5.15 Å². The fourth-order valence-corrected chi connectivity index (χ4v) is 1.94. The van der Waals surface area contributed by atoms with E-state index in [1.807, 2.05) is 18.3 Å². The summed E-state index contributed by atoms with van der Waals surface area (Å²) in [6, 6.07) is 4.05. The van der Waals surface area contributed by atoms with Crippen molar-refractivity contribution in [1.29, 1.82) is 0 Å². The summed E-state index contributed by atoms with van der Waals surface area (Å²) in [6.45, 7) is 0. The molecular formula is C11H13ClN2. The van der Waals surface area contributed by atoms with Gasteiger partial charge in [-0.25, -0.2) is 4.98 Å². The Balaban J connectivity index is 2.21. The summed E-state index contributed by atoms with van der Waals surface area (Å²) in [5.41, 5.74) is 7.22. The third kappa shape index (κ3) is 1.97. The van der Waals surface area contributed by atoms with Crippen molar-refractivity contribution < 1.29 is 0 Å². The van der Waals surface area contributed by atoms with Crippen LogP contribution in [0, 0.1) is 0 Å². The summed E-state index contributed by atoms with van der Waals surface area (Å²) in [6.07, 6.45) is 8.11. The first-order valence-electron chi connectivity index (χ1n) is 4.79. The van der Waals surface area contributed by atoms with Crippen LogP contribution in [0.4, 0.5) is 0 Å². The predicted octanol–water partition coefficient (Wildman–Crippen LogP) is 2.50. The van der Waals surface area contributed by atoms with Crippen LogP contribution in [0.3, 0.4) is 0 Å². The molecule has 3 heteroatoms. The molecule has 2 N–H and O–H groups in total. The molecule has 1 aromatic heterocycles. The molecule has 1 aromatic rings. The van der Waals surface area contributed by atoms with Crippen molar-refractivity contribution in [2.24, 2.45) is 5.73 Å². The van der Waals surface area contributed by atoms with Gasteiger partial charge in [-0.15, -0.1) is 0 Å². The van der Waals surface area contributed by atoms with E-state index in [0.29, 0.717) is 11.1 Å². The number of halogens is 1. The van der Waals surface area contributed by atoms with Gasteiger partial charge in [0.15, 0.2) is 0 Å². The quantitative estimate of drug-likeness (QED) is 0.569. The number of aromatic nitrogens is 1. The Morgan fingerprint density at radius 1 is 1.29 bits per heavy atom. The monoisotopic (exact) mass is 208 g/mol. The maximum Gasteiger partial charge on any atom is 0.129 e. The molecule has 1 aliphatic rings. The van der Waals surface area contributed by atoms with E-state index in [9.17, 15) is 0 Å². The number of nitrogens with zero attached hydrogens (tertiary/aromatic N) is 1. The first kappa shape index (κ1) is 9.69. The third-order valence-corrected chi connectivity index (χ3v) is 2.88. The lowest BCUT2D eigenvalue weighted by molar-refractivity contribution is 0.520. The molecule has 2 atom stereocenters. The van der Waals surface area contributed by atoms with Gasteiger partial charge in [-0.2, -0.15) is 0 Å². The van der Waals surface area contributed by atoms with E-state index in [-0.39, 0.29) is 6.04 Å². The fraction of sp³-hybridized carbons (Fsp3) is 0.364. The molecule has 2 rings (SSSR count). The fourth-order valence-electron chi connectivity index (χ4n) is 1.83. The van der Waals surface area contributed by atoms with Gasteiger partial charge in [-0.3, -0.25) is 0 Å². The minimum Gasteiger partial charge on any atom is -0.327 e. The van der Waals surface area contributed by atoms with Gasteiger partial charge in [0.25, 0.3) is 0 Å². The zero-order valence-corrected chi connectivity index (χ0v) is 8.61. The van der Waals surface area contributed by atoms with Gasteiger partial charge in [0.05, 0.1) is 0 Å². The number of allylic oxidation sites excluding steroid dienone is 1.